The maximum atomic E-state index is 10.7. The summed E-state index contributed by atoms with van der Waals surface area (Å²) in [5, 5.41) is 7.24. The number of likely N-dealkylation sites (tertiary alicyclic amines) is 1. The third-order valence-corrected chi connectivity index (χ3v) is 2.45. The molecule has 0 bridgehead atoms. The zero-order valence-electron chi connectivity index (χ0n) is 8.19. The number of nitrogens with one attached hydrogen (secondary N) is 1. The third-order valence-electron chi connectivity index (χ3n) is 2.45. The molecular formula is C9H15N3O2. The lowest BCUT2D eigenvalue weighted by Gasteiger charge is -2.21. The van der Waals surface area contributed by atoms with Crippen LogP contribution in [-0.4, -0.2) is 37.2 Å². The highest BCUT2D eigenvalue weighted by Crippen LogP contribution is 2.22. The first-order valence-corrected chi connectivity index (χ1v) is 4.49. The van der Waals surface area contributed by atoms with Gasteiger partial charge in [-0.25, -0.2) is 0 Å². The Morgan fingerprint density at radius 2 is 2.43 bits per heavy atom. The summed E-state index contributed by atoms with van der Waals surface area (Å²) in [5.74, 6) is 0.221. The van der Waals surface area contributed by atoms with Crippen molar-refractivity contribution in [1.29, 1.82) is 5.41 Å². The van der Waals surface area contributed by atoms with Gasteiger partial charge in [0.15, 0.2) is 5.88 Å². The maximum absolute atomic E-state index is 10.7. The number of nitrogens with two attached hydrogens (primary N) is 1. The average Bonchev–Trinajstić information content (AvgIpc) is 2.66. The predicted molar refractivity (Wildman–Crippen MR) is 52.8 cm³/mol. The second kappa shape index (κ2) is 4.64. The Kier molecular flexibility index (Phi) is 3.50. The quantitative estimate of drug-likeness (QED) is 0.380. The Bertz CT molecular complexity index is 263. The van der Waals surface area contributed by atoms with E-state index in [0.29, 0.717) is 5.57 Å². The molecule has 5 nitrogen and oxygen atoms in total. The molecular weight excluding hydrogens is 182 g/mol. The molecule has 0 aromatic carbocycles. The fourth-order valence-corrected chi connectivity index (χ4v) is 1.70. The molecule has 1 heterocycles. The first-order valence-electron chi connectivity index (χ1n) is 4.49. The largest absolute Gasteiger partial charge is 0.482 e. The highest BCUT2D eigenvalue weighted by Gasteiger charge is 2.27. The number of rotatable bonds is 4. The van der Waals surface area contributed by atoms with Gasteiger partial charge in [-0.15, -0.1) is 0 Å². The molecule has 1 saturated heterocycles. The van der Waals surface area contributed by atoms with Crippen LogP contribution in [-0.2, 0) is 9.53 Å². The molecule has 0 spiro atoms. The standard InChI is InChI=1S/C9H15N3O2/c1-14-9(11)7(5-10)8-3-2-4-12(8)6-13/h5-6,8,10H,2-4,11H2,1H3. The Morgan fingerprint density at radius 3 is 2.93 bits per heavy atom. The lowest BCUT2D eigenvalue weighted by Crippen LogP contribution is -2.32. The molecule has 5 heteroatoms. The fraction of sp³-hybridized carbons (Fsp3) is 0.556. The van der Waals surface area contributed by atoms with E-state index in [1.165, 1.54) is 7.11 Å². The minimum Gasteiger partial charge on any atom is -0.482 e. The van der Waals surface area contributed by atoms with Crippen molar-refractivity contribution in [2.45, 2.75) is 18.9 Å². The minimum atomic E-state index is -0.0926. The molecule has 1 fully saturated rings. The zero-order valence-corrected chi connectivity index (χ0v) is 8.19. The predicted octanol–water partition coefficient (Wildman–Crippen LogP) is 0.0735. The van der Waals surface area contributed by atoms with Gasteiger partial charge in [-0.1, -0.05) is 0 Å². The Balaban J connectivity index is 2.89. The number of nitrogens with zero attached hydrogens (tertiary/aromatic N) is 1. The van der Waals surface area contributed by atoms with E-state index < -0.39 is 0 Å². The van der Waals surface area contributed by atoms with E-state index in [1.807, 2.05) is 0 Å². The highest BCUT2D eigenvalue weighted by molar-refractivity contribution is 5.79. The number of ether oxygens (including phenoxy) is 1. The van der Waals surface area contributed by atoms with Crippen LogP contribution in [0, 0.1) is 5.41 Å². The van der Waals surface area contributed by atoms with Crippen LogP contribution in [0.4, 0.5) is 0 Å². The van der Waals surface area contributed by atoms with Gasteiger partial charge >= 0.3 is 0 Å². The monoisotopic (exact) mass is 197 g/mol. The van der Waals surface area contributed by atoms with E-state index in [4.69, 9.17) is 15.9 Å². The second-order valence-corrected chi connectivity index (χ2v) is 3.17. The third kappa shape index (κ3) is 1.86. The van der Waals surface area contributed by atoms with Gasteiger partial charge in [0.05, 0.1) is 18.7 Å². The lowest BCUT2D eigenvalue weighted by atomic mass is 10.1. The average molecular weight is 197 g/mol. The van der Waals surface area contributed by atoms with Gasteiger partial charge in [0.2, 0.25) is 6.41 Å². The number of carbonyl (C=O) groups excluding carboxylic acids is 1. The number of methoxy groups -OCH3 is 1. The molecule has 1 rings (SSSR count). The number of amides is 1. The molecule has 3 N–H and O–H groups in total. The van der Waals surface area contributed by atoms with Crippen LogP contribution in [0.3, 0.4) is 0 Å². The molecule has 0 aromatic rings. The molecule has 1 unspecified atom stereocenters. The van der Waals surface area contributed by atoms with Crippen molar-refractivity contribution in [1.82, 2.24) is 4.90 Å². The van der Waals surface area contributed by atoms with Gasteiger partial charge in [0.1, 0.15) is 0 Å². The van der Waals surface area contributed by atoms with Gasteiger partial charge in [-0.05, 0) is 12.8 Å². The van der Waals surface area contributed by atoms with Gasteiger partial charge in [0, 0.05) is 12.8 Å². The molecule has 14 heavy (non-hydrogen) atoms. The molecule has 0 aromatic heterocycles. The normalized spacial score (nSPS) is 22.9. The first-order chi connectivity index (χ1) is 6.74. The topological polar surface area (TPSA) is 79.4 Å². The van der Waals surface area contributed by atoms with Crippen molar-refractivity contribution in [2.75, 3.05) is 13.7 Å². The van der Waals surface area contributed by atoms with Crippen LogP contribution in [0.25, 0.3) is 0 Å². The summed E-state index contributed by atoms with van der Waals surface area (Å²) in [7, 11) is 1.46. The van der Waals surface area contributed by atoms with E-state index in [1.54, 1.807) is 4.90 Å². The van der Waals surface area contributed by atoms with Crippen molar-refractivity contribution in [3.05, 3.63) is 11.5 Å². The number of hydrogen-bond donors (Lipinski definition) is 2. The minimum absolute atomic E-state index is 0.0926. The summed E-state index contributed by atoms with van der Waals surface area (Å²) in [5.41, 5.74) is 6.17. The molecule has 0 saturated carbocycles. The summed E-state index contributed by atoms with van der Waals surface area (Å²) in [4.78, 5) is 12.3. The van der Waals surface area contributed by atoms with Gasteiger partial charge in [0.25, 0.3) is 0 Å². The van der Waals surface area contributed by atoms with Crippen LogP contribution in [0.15, 0.2) is 11.5 Å². The second-order valence-electron chi connectivity index (χ2n) is 3.17. The first kappa shape index (κ1) is 10.6. The molecule has 78 valence electrons. The Morgan fingerprint density at radius 1 is 1.71 bits per heavy atom. The highest BCUT2D eigenvalue weighted by atomic mass is 16.5. The van der Waals surface area contributed by atoms with E-state index in [-0.39, 0.29) is 11.9 Å². The van der Waals surface area contributed by atoms with Crippen LogP contribution in [0.1, 0.15) is 12.8 Å². The summed E-state index contributed by atoms with van der Waals surface area (Å²) in [6.07, 6.45) is 3.74. The van der Waals surface area contributed by atoms with E-state index in [0.717, 1.165) is 32.0 Å². The van der Waals surface area contributed by atoms with E-state index in [2.05, 4.69) is 0 Å². The van der Waals surface area contributed by atoms with Crippen molar-refractivity contribution >= 4 is 12.6 Å². The summed E-state index contributed by atoms with van der Waals surface area (Å²) >= 11 is 0. The van der Waals surface area contributed by atoms with Crippen molar-refractivity contribution in [3.8, 4) is 0 Å². The lowest BCUT2D eigenvalue weighted by molar-refractivity contribution is -0.118. The molecule has 0 radical (unpaired) electrons. The molecule has 1 aliphatic rings. The van der Waals surface area contributed by atoms with E-state index >= 15 is 0 Å². The number of hydrogen-bond acceptors (Lipinski definition) is 4. The van der Waals surface area contributed by atoms with Gasteiger partial charge in [-0.3, -0.25) is 4.79 Å². The van der Waals surface area contributed by atoms with Crippen LogP contribution < -0.4 is 5.73 Å². The molecule has 1 aliphatic heterocycles. The van der Waals surface area contributed by atoms with Crippen molar-refractivity contribution in [3.63, 3.8) is 0 Å². The van der Waals surface area contributed by atoms with Crippen LogP contribution in [0.5, 0.6) is 0 Å². The van der Waals surface area contributed by atoms with Crippen molar-refractivity contribution in [2.24, 2.45) is 5.73 Å². The fourth-order valence-electron chi connectivity index (χ4n) is 1.70. The summed E-state index contributed by atoms with van der Waals surface area (Å²) < 4.78 is 4.87. The van der Waals surface area contributed by atoms with Crippen LogP contribution in [0.2, 0.25) is 0 Å². The van der Waals surface area contributed by atoms with E-state index in [9.17, 15) is 4.79 Å². The number of carbonyl (C=O) groups is 1. The molecule has 1 atom stereocenters. The summed E-state index contributed by atoms with van der Waals surface area (Å²) in [6, 6.07) is -0.0926. The molecule has 1 amide bonds. The van der Waals surface area contributed by atoms with Gasteiger partial charge < -0.3 is 20.8 Å². The molecule has 0 aliphatic carbocycles. The van der Waals surface area contributed by atoms with Gasteiger partial charge in [-0.2, -0.15) is 0 Å². The van der Waals surface area contributed by atoms with Crippen LogP contribution >= 0.6 is 0 Å². The Hall–Kier alpha value is -1.52. The summed E-state index contributed by atoms with van der Waals surface area (Å²) in [6.45, 7) is 0.725. The zero-order chi connectivity index (χ0) is 10.6. The smallest absolute Gasteiger partial charge is 0.210 e. The Labute approximate surface area is 83.0 Å². The SMILES string of the molecule is COC(N)=C(C=N)C1CCCN1C=O. The van der Waals surface area contributed by atoms with Crippen molar-refractivity contribution < 1.29 is 9.53 Å². The maximum Gasteiger partial charge on any atom is 0.210 e.